The molecule has 0 amide bonds. The molecule has 0 fully saturated rings. The third-order valence-electron chi connectivity index (χ3n) is 2.24. The SMILES string of the molecule is CC(C#N)OC(=O)c1sc2cc(F)ccc2c1Cl. The van der Waals surface area contributed by atoms with Crippen LogP contribution in [0.5, 0.6) is 0 Å². The smallest absolute Gasteiger partial charge is 0.351 e. The number of carbonyl (C=O) groups excluding carboxylic acids is 1. The molecule has 0 saturated carbocycles. The van der Waals surface area contributed by atoms with Gasteiger partial charge in [-0.05, 0) is 25.1 Å². The normalized spacial score (nSPS) is 12.1. The highest BCUT2D eigenvalue weighted by molar-refractivity contribution is 7.21. The molecule has 0 spiro atoms. The molecule has 0 bridgehead atoms. The van der Waals surface area contributed by atoms with Crippen molar-refractivity contribution in [2.24, 2.45) is 0 Å². The summed E-state index contributed by atoms with van der Waals surface area (Å²) in [5, 5.41) is 9.39. The van der Waals surface area contributed by atoms with Gasteiger partial charge >= 0.3 is 5.97 Å². The zero-order valence-electron chi connectivity index (χ0n) is 9.24. The summed E-state index contributed by atoms with van der Waals surface area (Å²) in [6.07, 6.45) is -0.851. The molecule has 2 rings (SSSR count). The van der Waals surface area contributed by atoms with Crippen molar-refractivity contribution in [1.82, 2.24) is 0 Å². The van der Waals surface area contributed by atoms with E-state index in [4.69, 9.17) is 21.6 Å². The number of hydrogen-bond acceptors (Lipinski definition) is 4. The Bertz CT molecular complexity index is 662. The average Bonchev–Trinajstić information content (AvgIpc) is 2.66. The molecule has 0 aliphatic carbocycles. The molecule has 2 aromatic rings. The molecular formula is C12H7ClFNO2S. The van der Waals surface area contributed by atoms with E-state index in [2.05, 4.69) is 0 Å². The van der Waals surface area contributed by atoms with E-state index in [0.717, 1.165) is 11.3 Å². The van der Waals surface area contributed by atoms with Gasteiger partial charge in [0, 0.05) is 10.1 Å². The summed E-state index contributed by atoms with van der Waals surface area (Å²) in [6, 6.07) is 5.87. The number of nitriles is 1. The van der Waals surface area contributed by atoms with Gasteiger partial charge in [-0.3, -0.25) is 0 Å². The lowest BCUT2D eigenvalue weighted by Crippen LogP contribution is -2.12. The van der Waals surface area contributed by atoms with Crippen LogP contribution >= 0.6 is 22.9 Å². The minimum atomic E-state index is -0.851. The van der Waals surface area contributed by atoms with Gasteiger partial charge in [0.15, 0.2) is 6.10 Å². The van der Waals surface area contributed by atoms with E-state index in [9.17, 15) is 9.18 Å². The van der Waals surface area contributed by atoms with Crippen LogP contribution in [0, 0.1) is 17.1 Å². The average molecular weight is 284 g/mol. The fraction of sp³-hybridized carbons (Fsp3) is 0.167. The third kappa shape index (κ3) is 2.30. The quantitative estimate of drug-likeness (QED) is 0.789. The number of thiophene rings is 1. The molecule has 0 N–H and O–H groups in total. The molecule has 0 radical (unpaired) electrons. The first kappa shape index (κ1) is 12.8. The van der Waals surface area contributed by atoms with Crippen LogP contribution in [0.2, 0.25) is 5.02 Å². The second kappa shape index (κ2) is 4.92. The summed E-state index contributed by atoms with van der Waals surface area (Å²) in [5.74, 6) is -1.07. The summed E-state index contributed by atoms with van der Waals surface area (Å²) in [4.78, 5) is 11.9. The number of fused-ring (bicyclic) bond motifs is 1. The van der Waals surface area contributed by atoms with Gasteiger partial charge in [-0.15, -0.1) is 11.3 Å². The predicted octanol–water partition coefficient (Wildman–Crippen LogP) is 3.76. The Morgan fingerprint density at radius 2 is 2.33 bits per heavy atom. The number of esters is 1. The van der Waals surface area contributed by atoms with Crippen LogP contribution in [0.3, 0.4) is 0 Å². The lowest BCUT2D eigenvalue weighted by atomic mass is 10.2. The van der Waals surface area contributed by atoms with Gasteiger partial charge in [0.25, 0.3) is 0 Å². The van der Waals surface area contributed by atoms with Gasteiger partial charge in [-0.1, -0.05) is 11.6 Å². The Labute approximate surface area is 111 Å². The molecule has 92 valence electrons. The maximum absolute atomic E-state index is 13.0. The molecular weight excluding hydrogens is 277 g/mol. The number of rotatable bonds is 2. The first-order valence-electron chi connectivity index (χ1n) is 5.01. The van der Waals surface area contributed by atoms with E-state index in [1.807, 2.05) is 0 Å². The first-order chi connectivity index (χ1) is 8.52. The minimum absolute atomic E-state index is 0.180. The molecule has 1 aromatic heterocycles. The molecule has 3 nitrogen and oxygen atoms in total. The van der Waals surface area contributed by atoms with Gasteiger partial charge in [-0.25, -0.2) is 9.18 Å². The Kier molecular flexibility index (Phi) is 3.50. The number of nitrogens with zero attached hydrogens (tertiary/aromatic N) is 1. The van der Waals surface area contributed by atoms with Crippen LogP contribution in [0.4, 0.5) is 4.39 Å². The van der Waals surface area contributed by atoms with Crippen molar-refractivity contribution >= 4 is 39.0 Å². The Balaban J connectivity index is 2.43. The molecule has 0 saturated heterocycles. The topological polar surface area (TPSA) is 50.1 Å². The van der Waals surface area contributed by atoms with Gasteiger partial charge in [-0.2, -0.15) is 5.26 Å². The summed E-state index contributed by atoms with van der Waals surface area (Å²) in [7, 11) is 0. The van der Waals surface area contributed by atoms with Crippen LogP contribution in [-0.2, 0) is 4.74 Å². The van der Waals surface area contributed by atoms with Gasteiger partial charge in [0.2, 0.25) is 0 Å². The molecule has 1 unspecified atom stereocenters. The highest BCUT2D eigenvalue weighted by Crippen LogP contribution is 2.36. The highest BCUT2D eigenvalue weighted by atomic mass is 35.5. The van der Waals surface area contributed by atoms with E-state index in [0.29, 0.717) is 10.1 Å². The van der Waals surface area contributed by atoms with Crippen molar-refractivity contribution in [1.29, 1.82) is 5.26 Å². The fourth-order valence-electron chi connectivity index (χ4n) is 1.41. The van der Waals surface area contributed by atoms with Crippen molar-refractivity contribution in [2.45, 2.75) is 13.0 Å². The molecule has 1 aromatic carbocycles. The van der Waals surface area contributed by atoms with E-state index in [1.54, 1.807) is 6.07 Å². The summed E-state index contributed by atoms with van der Waals surface area (Å²) in [6.45, 7) is 1.46. The number of hydrogen-bond donors (Lipinski definition) is 0. The van der Waals surface area contributed by atoms with E-state index in [-0.39, 0.29) is 9.90 Å². The summed E-state index contributed by atoms with van der Waals surface area (Å²) < 4.78 is 18.5. The summed E-state index contributed by atoms with van der Waals surface area (Å²) in [5.41, 5.74) is 0. The maximum atomic E-state index is 13.0. The molecule has 18 heavy (non-hydrogen) atoms. The van der Waals surface area contributed by atoms with Crippen molar-refractivity contribution in [3.8, 4) is 6.07 Å². The van der Waals surface area contributed by atoms with Crippen molar-refractivity contribution in [2.75, 3.05) is 0 Å². The van der Waals surface area contributed by atoms with Crippen molar-refractivity contribution in [3.63, 3.8) is 0 Å². The van der Waals surface area contributed by atoms with Crippen molar-refractivity contribution < 1.29 is 13.9 Å². The van der Waals surface area contributed by atoms with Crippen molar-refractivity contribution in [3.05, 3.63) is 33.9 Å². The number of halogens is 2. The predicted molar refractivity (Wildman–Crippen MR) is 67.3 cm³/mol. The highest BCUT2D eigenvalue weighted by Gasteiger charge is 2.20. The van der Waals surface area contributed by atoms with Gasteiger partial charge in [0.1, 0.15) is 16.8 Å². The van der Waals surface area contributed by atoms with Gasteiger partial charge < -0.3 is 4.74 Å². The van der Waals surface area contributed by atoms with E-state index < -0.39 is 17.9 Å². The number of benzene rings is 1. The van der Waals surface area contributed by atoms with Crippen LogP contribution in [0.15, 0.2) is 18.2 Å². The Morgan fingerprint density at radius 3 is 3.00 bits per heavy atom. The monoisotopic (exact) mass is 283 g/mol. The van der Waals surface area contributed by atoms with Gasteiger partial charge in [0.05, 0.1) is 5.02 Å². The zero-order valence-corrected chi connectivity index (χ0v) is 10.8. The molecule has 0 aliphatic heterocycles. The minimum Gasteiger partial charge on any atom is -0.443 e. The number of ether oxygens (including phenoxy) is 1. The number of carbonyl (C=O) groups is 1. The molecule has 6 heteroatoms. The first-order valence-corrected chi connectivity index (χ1v) is 6.20. The lowest BCUT2D eigenvalue weighted by molar-refractivity contribution is 0.0441. The lowest BCUT2D eigenvalue weighted by Gasteiger charge is -2.03. The van der Waals surface area contributed by atoms with Crippen LogP contribution in [0.1, 0.15) is 16.6 Å². The largest absolute Gasteiger partial charge is 0.443 e. The second-order valence-electron chi connectivity index (χ2n) is 3.56. The van der Waals surface area contributed by atoms with E-state index >= 15 is 0 Å². The van der Waals surface area contributed by atoms with Crippen LogP contribution < -0.4 is 0 Å². The fourth-order valence-corrected chi connectivity index (χ4v) is 2.83. The van der Waals surface area contributed by atoms with Crippen LogP contribution in [0.25, 0.3) is 10.1 Å². The Morgan fingerprint density at radius 1 is 1.61 bits per heavy atom. The molecule has 1 atom stereocenters. The third-order valence-corrected chi connectivity index (χ3v) is 3.88. The molecule has 0 aliphatic rings. The summed E-state index contributed by atoms with van der Waals surface area (Å²) >= 11 is 7.08. The molecule has 1 heterocycles. The zero-order chi connectivity index (χ0) is 13.3. The maximum Gasteiger partial charge on any atom is 0.351 e. The van der Waals surface area contributed by atoms with E-state index in [1.165, 1.54) is 25.1 Å². The second-order valence-corrected chi connectivity index (χ2v) is 4.99. The van der Waals surface area contributed by atoms with Crippen LogP contribution in [-0.4, -0.2) is 12.1 Å². The standard InChI is InChI=1S/C12H7ClFNO2S/c1-6(5-15)17-12(16)11-10(13)8-3-2-7(14)4-9(8)18-11/h2-4,6H,1H3. The Hall–Kier alpha value is -1.64.